The van der Waals surface area contributed by atoms with Gasteiger partial charge in [0.05, 0.1) is 17.6 Å². The minimum atomic E-state index is -0.392. The maximum atomic E-state index is 12.5. The number of rotatable bonds is 4. The van der Waals surface area contributed by atoms with E-state index in [2.05, 4.69) is 15.6 Å². The van der Waals surface area contributed by atoms with Crippen molar-refractivity contribution >= 4 is 34.1 Å². The van der Waals surface area contributed by atoms with Gasteiger partial charge < -0.3 is 10.4 Å². The maximum absolute atomic E-state index is 12.5. The zero-order chi connectivity index (χ0) is 20.4. The number of hydrogen-bond acceptors (Lipinski definition) is 5. The molecule has 7 nitrogen and oxygen atoms in total. The Bertz CT molecular complexity index is 1270. The van der Waals surface area contributed by atoms with Crippen molar-refractivity contribution in [3.05, 3.63) is 93.2 Å². The van der Waals surface area contributed by atoms with Crippen molar-refractivity contribution in [3.8, 4) is 5.75 Å². The molecule has 3 aromatic carbocycles. The summed E-state index contributed by atoms with van der Waals surface area (Å²) in [4.78, 5) is 24.9. The molecule has 2 N–H and O–H groups in total. The fourth-order valence-corrected chi connectivity index (χ4v) is 3.04. The molecule has 0 aliphatic heterocycles. The topological polar surface area (TPSA) is 97.1 Å². The Morgan fingerprint density at radius 3 is 2.62 bits per heavy atom. The number of fused-ring (bicyclic) bond motifs is 1. The van der Waals surface area contributed by atoms with Crippen molar-refractivity contribution in [1.29, 1.82) is 0 Å². The van der Waals surface area contributed by atoms with Gasteiger partial charge in [0.15, 0.2) is 0 Å². The first-order chi connectivity index (χ1) is 14.0. The lowest BCUT2D eigenvalue weighted by Crippen LogP contribution is -2.24. The number of hydrogen-bond donors (Lipinski definition) is 2. The molecular weight excluding hydrogens is 392 g/mol. The Morgan fingerprint density at radius 1 is 1.07 bits per heavy atom. The first-order valence-corrected chi connectivity index (χ1v) is 9.10. The summed E-state index contributed by atoms with van der Waals surface area (Å²) in [5, 5.41) is 21.4. The number of phenolic OH excluding ortho intramolecular Hbond substituents is 1. The van der Waals surface area contributed by atoms with Gasteiger partial charge in [0.25, 0.3) is 11.5 Å². The van der Waals surface area contributed by atoms with Crippen molar-refractivity contribution < 1.29 is 9.90 Å². The molecule has 0 bridgehead atoms. The first kappa shape index (κ1) is 18.6. The number of anilines is 1. The highest BCUT2D eigenvalue weighted by molar-refractivity contribution is 6.31. The van der Waals surface area contributed by atoms with Crippen molar-refractivity contribution in [2.75, 3.05) is 5.32 Å². The highest BCUT2D eigenvalue weighted by Crippen LogP contribution is 2.27. The molecule has 1 amide bonds. The van der Waals surface area contributed by atoms with Gasteiger partial charge in [-0.15, -0.1) is 5.10 Å². The molecule has 0 aliphatic rings. The molecule has 0 radical (unpaired) electrons. The van der Waals surface area contributed by atoms with Gasteiger partial charge in [-0.25, -0.2) is 4.68 Å². The summed E-state index contributed by atoms with van der Waals surface area (Å²) in [6.45, 7) is 0.230. The lowest BCUT2D eigenvalue weighted by atomic mass is 10.1. The van der Waals surface area contributed by atoms with Crippen LogP contribution in [0.1, 0.15) is 15.9 Å². The minimum absolute atomic E-state index is 0.0753. The molecule has 0 saturated heterocycles. The summed E-state index contributed by atoms with van der Waals surface area (Å²) in [7, 11) is 0. The van der Waals surface area contributed by atoms with Crippen LogP contribution in [0.15, 0.2) is 71.5 Å². The third-order valence-corrected chi connectivity index (χ3v) is 4.62. The van der Waals surface area contributed by atoms with Gasteiger partial charge in [-0.1, -0.05) is 41.1 Å². The standard InChI is InChI=1S/C21H15ClN4O3/c22-15-9-10-19(27)18(11-15)23-20(28)14-7-5-13(6-8-14)12-26-21(29)16-3-1-2-4-17(16)24-25-26/h1-11,27H,12H2,(H,23,28). The molecule has 4 aromatic rings. The Balaban J connectivity index is 1.52. The molecule has 0 saturated carbocycles. The molecule has 4 rings (SSSR count). The molecular formula is C21H15ClN4O3. The van der Waals surface area contributed by atoms with Crippen LogP contribution in [0.3, 0.4) is 0 Å². The quantitative estimate of drug-likeness (QED) is 0.506. The zero-order valence-electron chi connectivity index (χ0n) is 15.0. The summed E-state index contributed by atoms with van der Waals surface area (Å²) in [5.74, 6) is -0.467. The molecule has 1 aromatic heterocycles. The van der Waals surface area contributed by atoms with Crippen LogP contribution in [0.4, 0.5) is 5.69 Å². The molecule has 0 aliphatic carbocycles. The van der Waals surface area contributed by atoms with Crippen molar-refractivity contribution in [3.63, 3.8) is 0 Å². The highest BCUT2D eigenvalue weighted by Gasteiger charge is 2.11. The van der Waals surface area contributed by atoms with E-state index in [1.54, 1.807) is 48.5 Å². The Kier molecular flexibility index (Phi) is 4.97. The SMILES string of the molecule is O=C(Nc1cc(Cl)ccc1O)c1ccc(Cn2nnc3ccccc3c2=O)cc1. The van der Waals surface area contributed by atoms with E-state index in [0.29, 0.717) is 21.5 Å². The van der Waals surface area contributed by atoms with E-state index in [1.807, 2.05) is 0 Å². The number of halogens is 1. The predicted octanol–water partition coefficient (Wildman–Crippen LogP) is 3.45. The number of nitrogens with one attached hydrogen (secondary N) is 1. The lowest BCUT2D eigenvalue weighted by Gasteiger charge is -2.09. The van der Waals surface area contributed by atoms with Crippen molar-refractivity contribution in [1.82, 2.24) is 15.0 Å². The van der Waals surface area contributed by atoms with Gasteiger partial charge in [-0.3, -0.25) is 9.59 Å². The monoisotopic (exact) mass is 406 g/mol. The van der Waals surface area contributed by atoms with Crippen LogP contribution in [0.25, 0.3) is 10.9 Å². The molecule has 8 heteroatoms. The normalized spacial score (nSPS) is 10.8. The fourth-order valence-electron chi connectivity index (χ4n) is 2.86. The Labute approximate surface area is 170 Å². The van der Waals surface area contributed by atoms with Gasteiger partial charge in [0.1, 0.15) is 11.3 Å². The van der Waals surface area contributed by atoms with Crippen molar-refractivity contribution in [2.24, 2.45) is 0 Å². The van der Waals surface area contributed by atoms with Gasteiger partial charge >= 0.3 is 0 Å². The first-order valence-electron chi connectivity index (χ1n) is 8.72. The van der Waals surface area contributed by atoms with Crippen LogP contribution in [0.2, 0.25) is 5.02 Å². The average Bonchev–Trinajstić information content (AvgIpc) is 2.73. The second kappa shape index (κ2) is 7.73. The van der Waals surface area contributed by atoms with Crippen LogP contribution in [0.5, 0.6) is 5.75 Å². The zero-order valence-corrected chi connectivity index (χ0v) is 15.8. The number of phenols is 1. The number of nitrogens with zero attached hydrogens (tertiary/aromatic N) is 3. The minimum Gasteiger partial charge on any atom is -0.506 e. The largest absolute Gasteiger partial charge is 0.506 e. The third-order valence-electron chi connectivity index (χ3n) is 4.38. The van der Waals surface area contributed by atoms with Crippen molar-refractivity contribution in [2.45, 2.75) is 6.54 Å². The average molecular weight is 407 g/mol. The molecule has 0 fully saturated rings. The second-order valence-corrected chi connectivity index (χ2v) is 6.82. The van der Waals surface area contributed by atoms with Crippen LogP contribution in [0, 0.1) is 0 Å². The number of carbonyl (C=O) groups excluding carboxylic acids is 1. The van der Waals surface area contributed by atoms with E-state index in [-0.39, 0.29) is 23.5 Å². The Hall–Kier alpha value is -3.71. The van der Waals surface area contributed by atoms with Gasteiger partial charge in [-0.05, 0) is 48.0 Å². The van der Waals surface area contributed by atoms with Crippen LogP contribution in [-0.4, -0.2) is 26.0 Å². The summed E-state index contributed by atoms with van der Waals surface area (Å²) >= 11 is 5.89. The van der Waals surface area contributed by atoms with Gasteiger partial charge in [0.2, 0.25) is 0 Å². The summed E-state index contributed by atoms with van der Waals surface area (Å²) < 4.78 is 1.28. The van der Waals surface area contributed by atoms with E-state index in [9.17, 15) is 14.7 Å². The molecule has 29 heavy (non-hydrogen) atoms. The maximum Gasteiger partial charge on any atom is 0.277 e. The molecule has 0 atom stereocenters. The summed E-state index contributed by atoms with van der Waals surface area (Å²) in [6.07, 6.45) is 0. The summed E-state index contributed by atoms with van der Waals surface area (Å²) in [6, 6.07) is 18.1. The van der Waals surface area contributed by atoms with Crippen LogP contribution in [-0.2, 0) is 6.54 Å². The van der Waals surface area contributed by atoms with Crippen LogP contribution < -0.4 is 10.9 Å². The second-order valence-electron chi connectivity index (χ2n) is 6.38. The predicted molar refractivity (Wildman–Crippen MR) is 110 cm³/mol. The number of amides is 1. The number of benzene rings is 3. The summed E-state index contributed by atoms with van der Waals surface area (Å²) in [5.41, 5.74) is 1.73. The van der Waals surface area contributed by atoms with E-state index in [4.69, 9.17) is 11.6 Å². The molecule has 144 valence electrons. The molecule has 1 heterocycles. The third kappa shape index (κ3) is 3.95. The van der Waals surface area contributed by atoms with E-state index < -0.39 is 5.91 Å². The fraction of sp³-hybridized carbons (Fsp3) is 0.0476. The van der Waals surface area contributed by atoms with Gasteiger partial charge in [-0.2, -0.15) is 0 Å². The smallest absolute Gasteiger partial charge is 0.277 e. The van der Waals surface area contributed by atoms with Crippen LogP contribution >= 0.6 is 11.6 Å². The van der Waals surface area contributed by atoms with E-state index >= 15 is 0 Å². The highest BCUT2D eigenvalue weighted by atomic mass is 35.5. The van der Waals surface area contributed by atoms with Gasteiger partial charge in [0, 0.05) is 10.6 Å². The molecule has 0 unspecified atom stereocenters. The lowest BCUT2D eigenvalue weighted by molar-refractivity contribution is 0.102. The van der Waals surface area contributed by atoms with E-state index in [0.717, 1.165) is 5.56 Å². The Morgan fingerprint density at radius 2 is 1.83 bits per heavy atom. The molecule has 0 spiro atoms. The number of aromatic nitrogens is 3. The number of carbonyl (C=O) groups is 1. The van der Waals surface area contributed by atoms with E-state index in [1.165, 1.54) is 22.9 Å². The number of aromatic hydroxyl groups is 1.